The van der Waals surface area contributed by atoms with Gasteiger partial charge in [0.2, 0.25) is 11.8 Å². The summed E-state index contributed by atoms with van der Waals surface area (Å²) in [6, 6.07) is 24.1. The van der Waals surface area contributed by atoms with Gasteiger partial charge in [0.15, 0.2) is 11.5 Å². The SMILES string of the molecule is CC[C@@H](C)NC(=O)[C@@H](Cc1ccccc1)N(Cc1cccc(OC)c1)C(=O)CN(c1cc(OC)ccc1OC)S(=O)(=O)c1ccc(OC)c(OC)c1. The highest BCUT2D eigenvalue weighted by atomic mass is 32.2. The number of anilines is 1. The zero-order valence-corrected chi connectivity index (χ0v) is 31.4. The van der Waals surface area contributed by atoms with Crippen molar-refractivity contribution in [1.82, 2.24) is 10.2 Å². The number of hydrogen-bond acceptors (Lipinski definition) is 9. The fraction of sp³-hybridized carbons (Fsp3) is 0.333. The molecule has 13 heteroatoms. The molecule has 4 aromatic rings. The zero-order valence-electron chi connectivity index (χ0n) is 30.6. The van der Waals surface area contributed by atoms with E-state index >= 15 is 0 Å². The number of nitrogens with one attached hydrogen (secondary N) is 1. The van der Waals surface area contributed by atoms with Gasteiger partial charge in [-0.3, -0.25) is 13.9 Å². The molecule has 1 N–H and O–H groups in total. The molecule has 0 saturated heterocycles. The number of methoxy groups -OCH3 is 5. The lowest BCUT2D eigenvalue weighted by molar-refractivity contribution is -0.140. The topological polar surface area (TPSA) is 133 Å². The van der Waals surface area contributed by atoms with Crippen LogP contribution in [0.5, 0.6) is 28.7 Å². The molecule has 0 aliphatic heterocycles. The number of amides is 2. The molecule has 0 aliphatic carbocycles. The van der Waals surface area contributed by atoms with Crippen LogP contribution in [0.4, 0.5) is 5.69 Å². The van der Waals surface area contributed by atoms with Crippen LogP contribution in [0.3, 0.4) is 0 Å². The van der Waals surface area contributed by atoms with Gasteiger partial charge in [-0.2, -0.15) is 0 Å². The van der Waals surface area contributed by atoms with Crippen LogP contribution in [0.2, 0.25) is 0 Å². The van der Waals surface area contributed by atoms with Gasteiger partial charge in [-0.15, -0.1) is 0 Å². The van der Waals surface area contributed by atoms with Crippen LogP contribution in [-0.4, -0.2) is 79.3 Å². The second kappa shape index (κ2) is 18.2. The van der Waals surface area contributed by atoms with Crippen LogP contribution >= 0.6 is 0 Å². The van der Waals surface area contributed by atoms with Gasteiger partial charge in [0, 0.05) is 31.1 Å². The second-order valence-electron chi connectivity index (χ2n) is 12.0. The first-order valence-corrected chi connectivity index (χ1v) is 18.2. The molecule has 2 atom stereocenters. The van der Waals surface area contributed by atoms with E-state index in [1.54, 1.807) is 30.3 Å². The Kier molecular flexibility index (Phi) is 13.8. The molecule has 0 fully saturated rings. The van der Waals surface area contributed by atoms with E-state index in [-0.39, 0.29) is 47.0 Å². The second-order valence-corrected chi connectivity index (χ2v) is 13.8. The molecule has 0 heterocycles. The zero-order chi connectivity index (χ0) is 37.8. The third-order valence-corrected chi connectivity index (χ3v) is 10.4. The van der Waals surface area contributed by atoms with Crippen LogP contribution in [0.15, 0.2) is 95.9 Å². The molecular formula is C39H47N3O9S. The van der Waals surface area contributed by atoms with E-state index < -0.39 is 28.5 Å². The molecule has 0 saturated carbocycles. The fourth-order valence-electron chi connectivity index (χ4n) is 5.57. The van der Waals surface area contributed by atoms with Gasteiger partial charge in [0.1, 0.15) is 29.8 Å². The summed E-state index contributed by atoms with van der Waals surface area (Å²) in [5, 5.41) is 3.04. The molecular weight excluding hydrogens is 687 g/mol. The Morgan fingerprint density at radius 2 is 1.35 bits per heavy atom. The van der Waals surface area contributed by atoms with Crippen molar-refractivity contribution in [2.75, 3.05) is 46.4 Å². The number of rotatable bonds is 18. The molecule has 0 spiro atoms. The number of nitrogens with zero attached hydrogens (tertiary/aromatic N) is 2. The Hall–Kier alpha value is -5.43. The minimum Gasteiger partial charge on any atom is -0.497 e. The standard InChI is InChI=1S/C39H47N3O9S/c1-8-27(2)40-39(44)34(22-28-13-10-9-11-14-28)41(25-29-15-12-16-30(21-29)47-3)38(43)26-42(33-23-31(48-4)17-19-35(33)49-5)52(45,46)32-18-20-36(50-6)37(24-32)51-7/h9-21,23-24,27,34H,8,22,25-26H2,1-7H3,(H,40,44)/t27-,34-/m1/s1. The smallest absolute Gasteiger partial charge is 0.265 e. The van der Waals surface area contributed by atoms with Crippen molar-refractivity contribution in [3.63, 3.8) is 0 Å². The van der Waals surface area contributed by atoms with Gasteiger partial charge in [0.25, 0.3) is 10.0 Å². The van der Waals surface area contributed by atoms with E-state index in [1.807, 2.05) is 50.2 Å². The summed E-state index contributed by atoms with van der Waals surface area (Å²) < 4.78 is 57.7. The largest absolute Gasteiger partial charge is 0.497 e. The van der Waals surface area contributed by atoms with Crippen molar-refractivity contribution in [3.8, 4) is 28.7 Å². The summed E-state index contributed by atoms with van der Waals surface area (Å²) in [7, 11) is 2.71. The lowest BCUT2D eigenvalue weighted by Gasteiger charge is -2.34. The van der Waals surface area contributed by atoms with Crippen LogP contribution in [0, 0.1) is 0 Å². The number of ether oxygens (including phenoxy) is 5. The van der Waals surface area contributed by atoms with Gasteiger partial charge in [-0.25, -0.2) is 8.42 Å². The number of sulfonamides is 1. The predicted octanol–water partition coefficient (Wildman–Crippen LogP) is 5.48. The Labute approximate surface area is 306 Å². The van der Waals surface area contributed by atoms with Gasteiger partial charge < -0.3 is 33.9 Å². The Balaban J connectivity index is 1.91. The van der Waals surface area contributed by atoms with E-state index in [1.165, 1.54) is 64.7 Å². The maximum Gasteiger partial charge on any atom is 0.265 e. The molecule has 12 nitrogen and oxygen atoms in total. The maximum atomic E-state index is 14.9. The third-order valence-electron chi connectivity index (χ3n) is 8.64. The van der Waals surface area contributed by atoms with Crippen LogP contribution in [-0.2, 0) is 32.6 Å². The summed E-state index contributed by atoms with van der Waals surface area (Å²) in [6.07, 6.45) is 0.838. The lowest BCUT2D eigenvalue weighted by Crippen LogP contribution is -2.54. The van der Waals surface area contributed by atoms with Crippen LogP contribution < -0.4 is 33.3 Å². The van der Waals surface area contributed by atoms with Crippen molar-refractivity contribution < 1.29 is 41.7 Å². The molecule has 0 aliphatic rings. The number of carbonyl (C=O) groups is 2. The maximum absolute atomic E-state index is 14.9. The van der Waals surface area contributed by atoms with E-state index in [4.69, 9.17) is 23.7 Å². The van der Waals surface area contributed by atoms with Crippen molar-refractivity contribution in [2.45, 2.75) is 50.2 Å². The Morgan fingerprint density at radius 3 is 1.98 bits per heavy atom. The highest BCUT2D eigenvalue weighted by Gasteiger charge is 2.36. The Bertz CT molecular complexity index is 1920. The minimum atomic E-state index is -4.51. The Morgan fingerprint density at radius 1 is 0.712 bits per heavy atom. The molecule has 2 amide bonds. The van der Waals surface area contributed by atoms with E-state index in [2.05, 4.69) is 5.32 Å². The van der Waals surface area contributed by atoms with Crippen LogP contribution in [0.25, 0.3) is 0 Å². The van der Waals surface area contributed by atoms with E-state index in [9.17, 15) is 18.0 Å². The average molecular weight is 734 g/mol. The molecule has 0 aromatic heterocycles. The molecule has 0 unspecified atom stereocenters. The van der Waals surface area contributed by atoms with Crippen molar-refractivity contribution >= 4 is 27.5 Å². The highest BCUT2D eigenvalue weighted by molar-refractivity contribution is 7.92. The monoisotopic (exact) mass is 733 g/mol. The molecule has 4 aromatic carbocycles. The summed E-state index contributed by atoms with van der Waals surface area (Å²) in [5.41, 5.74) is 1.55. The number of carbonyl (C=O) groups excluding carboxylic acids is 2. The first-order chi connectivity index (χ1) is 25.0. The van der Waals surface area contributed by atoms with Gasteiger partial charge >= 0.3 is 0 Å². The molecule has 4 rings (SSSR count). The van der Waals surface area contributed by atoms with E-state index in [0.717, 1.165) is 9.87 Å². The van der Waals surface area contributed by atoms with Crippen molar-refractivity contribution in [2.24, 2.45) is 0 Å². The summed E-state index contributed by atoms with van der Waals surface area (Å²) in [4.78, 5) is 30.3. The fourth-order valence-corrected chi connectivity index (χ4v) is 7.00. The lowest BCUT2D eigenvalue weighted by atomic mass is 10.0. The van der Waals surface area contributed by atoms with Crippen molar-refractivity contribution in [1.29, 1.82) is 0 Å². The van der Waals surface area contributed by atoms with Crippen LogP contribution in [0.1, 0.15) is 31.4 Å². The quantitative estimate of drug-likeness (QED) is 0.141. The van der Waals surface area contributed by atoms with Gasteiger partial charge in [0.05, 0.1) is 46.1 Å². The molecule has 278 valence electrons. The van der Waals surface area contributed by atoms with E-state index in [0.29, 0.717) is 29.2 Å². The normalized spacial score (nSPS) is 12.2. The minimum absolute atomic E-state index is 0.0268. The summed E-state index contributed by atoms with van der Waals surface area (Å²) >= 11 is 0. The van der Waals surface area contributed by atoms with Crippen molar-refractivity contribution in [3.05, 3.63) is 102 Å². The first-order valence-electron chi connectivity index (χ1n) is 16.7. The predicted molar refractivity (Wildman–Crippen MR) is 199 cm³/mol. The molecule has 52 heavy (non-hydrogen) atoms. The third kappa shape index (κ3) is 9.46. The highest BCUT2D eigenvalue weighted by Crippen LogP contribution is 2.38. The van der Waals surface area contributed by atoms with Gasteiger partial charge in [-0.1, -0.05) is 49.4 Å². The van der Waals surface area contributed by atoms with Gasteiger partial charge in [-0.05, 0) is 60.9 Å². The summed E-state index contributed by atoms with van der Waals surface area (Å²) in [5.74, 6) is 0.554. The molecule has 0 bridgehead atoms. The number of benzene rings is 4. The average Bonchev–Trinajstić information content (AvgIpc) is 3.17. The number of hydrogen-bond donors (Lipinski definition) is 1. The summed E-state index contributed by atoms with van der Waals surface area (Å²) in [6.45, 7) is 3.11. The first kappa shape index (κ1) is 39.4. The molecule has 0 radical (unpaired) electrons.